The number of hydrogen-bond acceptors (Lipinski definition) is 2. The Morgan fingerprint density at radius 1 is 1.19 bits per heavy atom. The fourth-order valence-electron chi connectivity index (χ4n) is 1.24. The van der Waals surface area contributed by atoms with Crippen LogP contribution in [0.5, 0.6) is 0 Å². The lowest BCUT2D eigenvalue weighted by molar-refractivity contribution is 0.104. The number of rotatable bonds is 2. The smallest absolute Gasteiger partial charge is 0.204 e. The Bertz CT molecular complexity index is 551. The van der Waals surface area contributed by atoms with Gasteiger partial charge in [0.1, 0.15) is 0 Å². The highest BCUT2D eigenvalue weighted by Gasteiger charge is 2.14. The van der Waals surface area contributed by atoms with Crippen molar-refractivity contribution in [1.29, 1.82) is 0 Å². The summed E-state index contributed by atoms with van der Waals surface area (Å²) in [6, 6.07) is 8.72. The molecule has 1 aromatic heterocycles. The van der Waals surface area contributed by atoms with Gasteiger partial charge in [-0.05, 0) is 52.9 Å². The highest BCUT2D eigenvalue weighted by Crippen LogP contribution is 2.26. The van der Waals surface area contributed by atoms with Crippen LogP contribution in [0.1, 0.15) is 15.2 Å². The Balaban J connectivity index is 2.45. The van der Waals surface area contributed by atoms with Crippen LogP contribution in [0.2, 0.25) is 9.36 Å². The first-order chi connectivity index (χ1) is 7.58. The summed E-state index contributed by atoms with van der Waals surface area (Å²) in [6.07, 6.45) is 0. The van der Waals surface area contributed by atoms with Crippen molar-refractivity contribution in [3.8, 4) is 0 Å². The predicted molar refractivity (Wildman–Crippen MR) is 76.9 cm³/mol. The number of halogens is 3. The minimum absolute atomic E-state index is 0.0381. The van der Waals surface area contributed by atoms with Gasteiger partial charge in [0.2, 0.25) is 5.78 Å². The van der Waals surface area contributed by atoms with E-state index in [2.05, 4.69) is 22.6 Å². The zero-order valence-electron chi connectivity index (χ0n) is 7.84. The largest absolute Gasteiger partial charge is 0.288 e. The lowest BCUT2D eigenvalue weighted by atomic mass is 10.1. The normalized spacial score (nSPS) is 10.4. The van der Waals surface area contributed by atoms with Gasteiger partial charge in [-0.25, -0.2) is 0 Å². The number of carbonyl (C=O) groups excluding carboxylic acids is 1. The van der Waals surface area contributed by atoms with Crippen LogP contribution >= 0.6 is 57.1 Å². The molecule has 0 unspecified atom stereocenters. The number of benzene rings is 1. The summed E-state index contributed by atoms with van der Waals surface area (Å²) < 4.78 is 1.50. The van der Waals surface area contributed by atoms with E-state index in [0.717, 1.165) is 3.57 Å². The Morgan fingerprint density at radius 2 is 1.94 bits per heavy atom. The molecule has 2 aromatic rings. The number of carbonyl (C=O) groups is 1. The van der Waals surface area contributed by atoms with E-state index in [1.54, 1.807) is 24.3 Å². The molecule has 0 N–H and O–H groups in total. The maximum Gasteiger partial charge on any atom is 0.204 e. The number of ketones is 1. The standard InChI is InChI=1S/C11H5Cl2IOS/c12-6-1-2-8(14)7(5-6)11(15)9-3-4-10(13)16-9/h1-5H. The minimum Gasteiger partial charge on any atom is -0.288 e. The molecule has 0 amide bonds. The zero-order chi connectivity index (χ0) is 11.7. The summed E-state index contributed by atoms with van der Waals surface area (Å²) in [6.45, 7) is 0. The van der Waals surface area contributed by atoms with Crippen molar-refractivity contribution >= 4 is 62.9 Å². The topological polar surface area (TPSA) is 17.1 Å². The molecule has 16 heavy (non-hydrogen) atoms. The Labute approximate surface area is 121 Å². The molecule has 0 spiro atoms. The van der Waals surface area contributed by atoms with Gasteiger partial charge in [0.15, 0.2) is 0 Å². The van der Waals surface area contributed by atoms with Gasteiger partial charge in [-0.3, -0.25) is 4.79 Å². The molecule has 2 rings (SSSR count). The molecule has 1 heterocycles. The SMILES string of the molecule is O=C(c1ccc(Cl)s1)c1cc(Cl)ccc1I. The third kappa shape index (κ3) is 2.59. The van der Waals surface area contributed by atoms with Crippen molar-refractivity contribution in [2.24, 2.45) is 0 Å². The van der Waals surface area contributed by atoms with Gasteiger partial charge in [-0.2, -0.15) is 0 Å². The van der Waals surface area contributed by atoms with Gasteiger partial charge in [-0.1, -0.05) is 23.2 Å². The fraction of sp³-hybridized carbons (Fsp3) is 0. The summed E-state index contributed by atoms with van der Waals surface area (Å²) >= 11 is 15.1. The summed E-state index contributed by atoms with van der Waals surface area (Å²) in [7, 11) is 0. The van der Waals surface area contributed by atoms with Crippen LogP contribution in [0.25, 0.3) is 0 Å². The molecule has 0 atom stereocenters. The maximum atomic E-state index is 12.1. The summed E-state index contributed by atoms with van der Waals surface area (Å²) in [5, 5.41) is 0.561. The maximum absolute atomic E-state index is 12.1. The average molecular weight is 383 g/mol. The van der Waals surface area contributed by atoms with Crippen LogP contribution in [-0.2, 0) is 0 Å². The highest BCUT2D eigenvalue weighted by molar-refractivity contribution is 14.1. The molecule has 1 nitrogen and oxygen atoms in total. The van der Waals surface area contributed by atoms with E-state index >= 15 is 0 Å². The third-order valence-electron chi connectivity index (χ3n) is 1.97. The van der Waals surface area contributed by atoms with E-state index in [1.165, 1.54) is 11.3 Å². The van der Waals surface area contributed by atoms with Crippen LogP contribution in [0.4, 0.5) is 0 Å². The van der Waals surface area contributed by atoms with Gasteiger partial charge in [0.25, 0.3) is 0 Å². The summed E-state index contributed by atoms with van der Waals surface area (Å²) in [5.74, 6) is -0.0381. The molecular weight excluding hydrogens is 378 g/mol. The van der Waals surface area contributed by atoms with Gasteiger partial charge in [-0.15, -0.1) is 11.3 Å². The van der Waals surface area contributed by atoms with Crippen molar-refractivity contribution < 1.29 is 4.79 Å². The van der Waals surface area contributed by atoms with Crippen molar-refractivity contribution in [1.82, 2.24) is 0 Å². The second kappa shape index (κ2) is 5.04. The second-order valence-corrected chi connectivity index (χ2v) is 6.37. The van der Waals surface area contributed by atoms with E-state index in [0.29, 0.717) is 19.8 Å². The van der Waals surface area contributed by atoms with Crippen molar-refractivity contribution in [2.45, 2.75) is 0 Å². The van der Waals surface area contributed by atoms with Crippen molar-refractivity contribution in [2.75, 3.05) is 0 Å². The molecule has 0 aliphatic heterocycles. The van der Waals surface area contributed by atoms with Gasteiger partial charge >= 0.3 is 0 Å². The number of hydrogen-bond donors (Lipinski definition) is 0. The predicted octanol–water partition coefficient (Wildman–Crippen LogP) is 4.89. The van der Waals surface area contributed by atoms with Gasteiger partial charge in [0.05, 0.1) is 9.21 Å². The first kappa shape index (κ1) is 12.4. The molecule has 82 valence electrons. The summed E-state index contributed by atoms with van der Waals surface area (Å²) in [4.78, 5) is 12.8. The van der Waals surface area contributed by atoms with Gasteiger partial charge < -0.3 is 0 Å². The van der Waals surface area contributed by atoms with E-state index in [-0.39, 0.29) is 5.78 Å². The first-order valence-corrected chi connectivity index (χ1v) is 6.98. The van der Waals surface area contributed by atoms with Crippen LogP contribution < -0.4 is 0 Å². The summed E-state index contributed by atoms with van der Waals surface area (Å²) in [5.41, 5.74) is 0.617. The zero-order valence-corrected chi connectivity index (χ0v) is 12.3. The van der Waals surface area contributed by atoms with Crippen molar-refractivity contribution in [3.05, 3.63) is 53.7 Å². The molecule has 0 radical (unpaired) electrons. The monoisotopic (exact) mass is 382 g/mol. The molecule has 1 aromatic carbocycles. The van der Waals surface area contributed by atoms with Crippen LogP contribution in [0.15, 0.2) is 30.3 Å². The van der Waals surface area contributed by atoms with Crippen molar-refractivity contribution in [3.63, 3.8) is 0 Å². The Kier molecular flexibility index (Phi) is 3.89. The third-order valence-corrected chi connectivity index (χ3v) is 4.38. The molecule has 0 saturated heterocycles. The molecule has 5 heteroatoms. The Morgan fingerprint density at radius 3 is 2.56 bits per heavy atom. The molecule has 0 fully saturated rings. The Hall–Kier alpha value is -0.100. The lowest BCUT2D eigenvalue weighted by Crippen LogP contribution is -2.01. The number of thiophene rings is 1. The first-order valence-electron chi connectivity index (χ1n) is 4.33. The van der Waals surface area contributed by atoms with Crippen LogP contribution in [0, 0.1) is 3.57 Å². The van der Waals surface area contributed by atoms with E-state index in [9.17, 15) is 4.79 Å². The minimum atomic E-state index is -0.0381. The lowest BCUT2D eigenvalue weighted by Gasteiger charge is -2.02. The second-order valence-electron chi connectivity index (χ2n) is 3.06. The molecule has 0 bridgehead atoms. The van der Waals surface area contributed by atoms with E-state index < -0.39 is 0 Å². The quantitative estimate of drug-likeness (QED) is 0.533. The fourth-order valence-corrected chi connectivity index (χ4v) is 2.99. The molecule has 0 aliphatic carbocycles. The van der Waals surface area contributed by atoms with E-state index in [4.69, 9.17) is 23.2 Å². The van der Waals surface area contributed by atoms with Gasteiger partial charge in [0, 0.05) is 14.2 Å². The molecule has 0 aliphatic rings. The molecule has 0 saturated carbocycles. The molecular formula is C11H5Cl2IOS. The van der Waals surface area contributed by atoms with Crippen LogP contribution in [0.3, 0.4) is 0 Å². The average Bonchev–Trinajstić information content (AvgIpc) is 2.67. The van der Waals surface area contributed by atoms with E-state index in [1.807, 2.05) is 6.07 Å². The highest BCUT2D eigenvalue weighted by atomic mass is 127. The van der Waals surface area contributed by atoms with Crippen LogP contribution in [-0.4, -0.2) is 5.78 Å².